The van der Waals surface area contributed by atoms with Crippen LogP contribution in [0.25, 0.3) is 11.4 Å². The Bertz CT molecular complexity index is 1170. The van der Waals surface area contributed by atoms with E-state index in [0.29, 0.717) is 36.6 Å². The number of carbonyl (C=O) groups is 1. The van der Waals surface area contributed by atoms with Crippen molar-refractivity contribution in [1.29, 1.82) is 0 Å². The number of hydrogen-bond donors (Lipinski definition) is 2. The maximum absolute atomic E-state index is 13.3. The fourth-order valence-electron chi connectivity index (χ4n) is 3.90. The van der Waals surface area contributed by atoms with Crippen molar-refractivity contribution in [1.82, 2.24) is 15.3 Å². The second-order valence-electron chi connectivity index (χ2n) is 8.12. The van der Waals surface area contributed by atoms with Crippen LogP contribution in [0.1, 0.15) is 27.9 Å². The topological polar surface area (TPSA) is 84.1 Å². The van der Waals surface area contributed by atoms with Crippen molar-refractivity contribution < 1.29 is 18.0 Å². The highest BCUT2D eigenvalue weighted by atomic mass is 35.5. The molecule has 4 rings (SSSR count). The molecule has 0 bridgehead atoms. The van der Waals surface area contributed by atoms with Crippen LogP contribution in [0.2, 0.25) is 5.02 Å². The molecule has 1 fully saturated rings. The summed E-state index contributed by atoms with van der Waals surface area (Å²) in [5, 5.41) is 2.48. The van der Waals surface area contributed by atoms with Crippen molar-refractivity contribution in [3.63, 3.8) is 0 Å². The van der Waals surface area contributed by atoms with Crippen LogP contribution in [0.4, 0.5) is 19.0 Å². The number of alkyl halides is 3. The number of benzene rings is 2. The Hall–Kier alpha value is -3.17. The maximum Gasteiger partial charge on any atom is 0.417 e. The normalized spacial score (nSPS) is 16.0. The zero-order valence-electron chi connectivity index (χ0n) is 18.1. The van der Waals surface area contributed by atoms with Crippen LogP contribution in [0.15, 0.2) is 54.7 Å². The van der Waals surface area contributed by atoms with Crippen molar-refractivity contribution in [2.24, 2.45) is 11.7 Å². The molecule has 1 aliphatic rings. The van der Waals surface area contributed by atoms with Crippen molar-refractivity contribution in [2.45, 2.75) is 19.1 Å². The lowest BCUT2D eigenvalue weighted by atomic mass is 10.1. The minimum atomic E-state index is -4.60. The van der Waals surface area contributed by atoms with Gasteiger partial charge in [-0.2, -0.15) is 13.2 Å². The van der Waals surface area contributed by atoms with Crippen LogP contribution < -0.4 is 16.0 Å². The molecule has 3 aromatic rings. The Morgan fingerprint density at radius 1 is 1.21 bits per heavy atom. The predicted molar refractivity (Wildman–Crippen MR) is 124 cm³/mol. The first-order chi connectivity index (χ1) is 16.3. The quantitative estimate of drug-likeness (QED) is 0.531. The molecule has 178 valence electrons. The molecule has 10 heteroatoms. The highest BCUT2D eigenvalue weighted by Crippen LogP contribution is 2.37. The molecule has 0 saturated carbocycles. The third-order valence-corrected chi connectivity index (χ3v) is 6.10. The molecule has 1 aliphatic heterocycles. The second-order valence-corrected chi connectivity index (χ2v) is 8.53. The van der Waals surface area contributed by atoms with E-state index < -0.39 is 11.7 Å². The number of amides is 1. The summed E-state index contributed by atoms with van der Waals surface area (Å²) in [5.74, 6) is 0.756. The first-order valence-corrected chi connectivity index (χ1v) is 11.2. The number of nitrogens with two attached hydrogens (primary N) is 1. The van der Waals surface area contributed by atoms with E-state index in [4.69, 9.17) is 17.3 Å². The molecule has 1 saturated heterocycles. The lowest BCUT2D eigenvalue weighted by Crippen LogP contribution is -2.28. The van der Waals surface area contributed by atoms with Crippen molar-refractivity contribution in [2.75, 3.05) is 24.5 Å². The van der Waals surface area contributed by atoms with Gasteiger partial charge in [0, 0.05) is 42.5 Å². The molecule has 1 unspecified atom stereocenters. The van der Waals surface area contributed by atoms with Crippen LogP contribution in [0.3, 0.4) is 0 Å². The lowest BCUT2D eigenvalue weighted by molar-refractivity contribution is -0.137. The van der Waals surface area contributed by atoms with Gasteiger partial charge in [0.1, 0.15) is 5.82 Å². The van der Waals surface area contributed by atoms with E-state index in [2.05, 4.69) is 15.3 Å². The Balaban J connectivity index is 1.66. The highest BCUT2D eigenvalue weighted by molar-refractivity contribution is 6.31. The number of nitrogens with zero attached hydrogens (tertiary/aromatic N) is 3. The lowest BCUT2D eigenvalue weighted by Gasteiger charge is -2.22. The van der Waals surface area contributed by atoms with E-state index in [0.717, 1.165) is 12.5 Å². The minimum absolute atomic E-state index is 0.145. The number of rotatable bonds is 6. The van der Waals surface area contributed by atoms with Crippen LogP contribution in [0, 0.1) is 5.92 Å². The maximum atomic E-state index is 13.3. The van der Waals surface area contributed by atoms with Gasteiger partial charge in [0.2, 0.25) is 0 Å². The molecule has 1 atom stereocenters. The van der Waals surface area contributed by atoms with Crippen molar-refractivity contribution in [3.05, 3.63) is 76.4 Å². The van der Waals surface area contributed by atoms with Gasteiger partial charge in [0.25, 0.3) is 5.91 Å². The molecule has 3 N–H and O–H groups in total. The first kappa shape index (κ1) is 24.0. The van der Waals surface area contributed by atoms with Gasteiger partial charge in [-0.15, -0.1) is 0 Å². The minimum Gasteiger partial charge on any atom is -0.356 e. The summed E-state index contributed by atoms with van der Waals surface area (Å²) in [6.07, 6.45) is -2.17. The summed E-state index contributed by atoms with van der Waals surface area (Å²) in [5.41, 5.74) is 6.27. The Morgan fingerprint density at radius 3 is 2.65 bits per heavy atom. The zero-order chi connectivity index (χ0) is 24.3. The summed E-state index contributed by atoms with van der Waals surface area (Å²) in [6.45, 7) is 2.07. The molecular weight excluding hydrogens is 467 g/mol. The fraction of sp³-hybridized carbons (Fsp3) is 0.292. The second kappa shape index (κ2) is 9.99. The molecule has 2 aromatic carbocycles. The van der Waals surface area contributed by atoms with Crippen LogP contribution in [0.5, 0.6) is 0 Å². The fourth-order valence-corrected chi connectivity index (χ4v) is 4.13. The third kappa shape index (κ3) is 5.31. The molecule has 34 heavy (non-hydrogen) atoms. The Morgan fingerprint density at radius 2 is 1.97 bits per heavy atom. The van der Waals surface area contributed by atoms with Crippen LogP contribution in [-0.2, 0) is 12.7 Å². The largest absolute Gasteiger partial charge is 0.417 e. The van der Waals surface area contributed by atoms with Gasteiger partial charge in [0.05, 0.1) is 10.6 Å². The predicted octanol–water partition coefficient (Wildman–Crippen LogP) is 4.53. The van der Waals surface area contributed by atoms with Crippen molar-refractivity contribution in [3.8, 4) is 11.4 Å². The average Bonchev–Trinajstić information content (AvgIpc) is 3.32. The molecule has 1 amide bonds. The van der Waals surface area contributed by atoms with E-state index in [1.807, 2.05) is 11.0 Å². The first-order valence-electron chi connectivity index (χ1n) is 10.8. The van der Waals surface area contributed by atoms with Crippen LogP contribution in [-0.4, -0.2) is 35.5 Å². The molecule has 0 spiro atoms. The molecule has 6 nitrogen and oxygen atoms in total. The van der Waals surface area contributed by atoms with Gasteiger partial charge < -0.3 is 16.0 Å². The average molecular weight is 490 g/mol. The molecule has 0 aliphatic carbocycles. The van der Waals surface area contributed by atoms with Crippen LogP contribution >= 0.6 is 11.6 Å². The van der Waals surface area contributed by atoms with Gasteiger partial charge in [-0.3, -0.25) is 4.79 Å². The highest BCUT2D eigenvalue weighted by Gasteiger charge is 2.34. The van der Waals surface area contributed by atoms with E-state index in [9.17, 15) is 18.0 Å². The Kier molecular flexibility index (Phi) is 7.04. The third-order valence-electron chi connectivity index (χ3n) is 5.77. The number of aromatic nitrogens is 2. The number of halogens is 4. The smallest absolute Gasteiger partial charge is 0.356 e. The van der Waals surface area contributed by atoms with Gasteiger partial charge in [0.15, 0.2) is 5.82 Å². The van der Waals surface area contributed by atoms with E-state index in [-0.39, 0.29) is 34.8 Å². The van der Waals surface area contributed by atoms with Gasteiger partial charge in [-0.05, 0) is 49.2 Å². The molecular formula is C24H23ClF3N5O. The summed E-state index contributed by atoms with van der Waals surface area (Å²) in [7, 11) is 0. The summed E-state index contributed by atoms with van der Waals surface area (Å²) < 4.78 is 40.0. The Labute approximate surface area is 200 Å². The van der Waals surface area contributed by atoms with Gasteiger partial charge in [-0.1, -0.05) is 29.8 Å². The molecule has 1 aromatic heterocycles. The summed E-state index contributed by atoms with van der Waals surface area (Å²) in [6, 6.07) is 12.4. The number of nitrogens with one attached hydrogen (secondary N) is 1. The van der Waals surface area contributed by atoms with E-state index in [1.54, 1.807) is 30.5 Å². The van der Waals surface area contributed by atoms with E-state index in [1.165, 1.54) is 12.1 Å². The van der Waals surface area contributed by atoms with Gasteiger partial charge in [-0.25, -0.2) is 9.97 Å². The standard InChI is InChI=1S/C24H23ClF3N5O/c25-20-7-6-17(10-19(20)24(26,27)28)21-30-12-18(13-31-23(34)16-4-2-1-3-5-16)22(32-21)33-9-8-15(11-29)14-33/h1-7,10,12,15H,8-9,11,13-14,29H2,(H,31,34). The van der Waals surface area contributed by atoms with Gasteiger partial charge >= 0.3 is 6.18 Å². The SMILES string of the molecule is NCC1CCN(c2nc(-c3ccc(Cl)c(C(F)(F)F)c3)ncc2CNC(=O)c2ccccc2)C1. The number of anilines is 1. The number of carbonyl (C=O) groups excluding carboxylic acids is 1. The molecule has 0 radical (unpaired) electrons. The summed E-state index contributed by atoms with van der Waals surface area (Å²) >= 11 is 5.76. The molecule has 2 heterocycles. The summed E-state index contributed by atoms with van der Waals surface area (Å²) in [4.78, 5) is 23.4. The monoisotopic (exact) mass is 489 g/mol. The van der Waals surface area contributed by atoms with Crippen molar-refractivity contribution >= 4 is 23.3 Å². The zero-order valence-corrected chi connectivity index (χ0v) is 18.9. The number of hydrogen-bond acceptors (Lipinski definition) is 5. The van der Waals surface area contributed by atoms with E-state index >= 15 is 0 Å².